The van der Waals surface area contributed by atoms with E-state index in [1.165, 1.54) is 35.2 Å². The fourth-order valence-electron chi connectivity index (χ4n) is 1.63. The molecule has 0 aliphatic rings. The van der Waals surface area contributed by atoms with Crippen molar-refractivity contribution in [2.75, 3.05) is 0 Å². The molecule has 0 spiro atoms. The zero-order valence-corrected chi connectivity index (χ0v) is 10.3. The van der Waals surface area contributed by atoms with E-state index >= 15 is 0 Å². The Hall–Kier alpha value is -2.61. The van der Waals surface area contributed by atoms with Gasteiger partial charge in [0.15, 0.2) is 0 Å². The maximum absolute atomic E-state index is 13.1. The Morgan fingerprint density at radius 2 is 2.00 bits per heavy atom. The summed E-state index contributed by atoms with van der Waals surface area (Å²) in [6, 6.07) is 5.49. The zero-order valence-electron chi connectivity index (χ0n) is 10.3. The van der Waals surface area contributed by atoms with Crippen molar-refractivity contribution < 1.29 is 4.39 Å². The first-order chi connectivity index (χ1) is 9.13. The molecule has 0 saturated heterocycles. The Kier molecular flexibility index (Phi) is 3.62. The summed E-state index contributed by atoms with van der Waals surface area (Å²) in [4.78, 5) is 23.7. The van der Waals surface area contributed by atoms with E-state index in [0.717, 1.165) is 4.57 Å². The van der Waals surface area contributed by atoms with E-state index in [2.05, 4.69) is 11.8 Å². The largest absolute Gasteiger partial charge is 0.321 e. The number of aromatic nitrogens is 2. The summed E-state index contributed by atoms with van der Waals surface area (Å²) in [6.07, 6.45) is 2.88. The highest BCUT2D eigenvalue weighted by molar-refractivity contribution is 5.31. The third kappa shape index (κ3) is 2.63. The standard InChI is InChI=1S/C14H11FN2O2/c1-2-3-7-16-8-9-17(14(19)13(16)18)12-6-4-5-11(15)10-12/h4-6,8-10H,7H2,1H3. The highest BCUT2D eigenvalue weighted by Crippen LogP contribution is 2.06. The number of hydrogen-bond donors (Lipinski definition) is 0. The van der Waals surface area contributed by atoms with Crippen molar-refractivity contribution in [2.45, 2.75) is 13.5 Å². The monoisotopic (exact) mass is 258 g/mol. The van der Waals surface area contributed by atoms with Crippen LogP contribution in [0.2, 0.25) is 0 Å². The molecule has 1 aromatic heterocycles. The van der Waals surface area contributed by atoms with E-state index in [9.17, 15) is 14.0 Å². The van der Waals surface area contributed by atoms with E-state index < -0.39 is 16.9 Å². The van der Waals surface area contributed by atoms with Crippen LogP contribution >= 0.6 is 0 Å². The Morgan fingerprint density at radius 1 is 1.21 bits per heavy atom. The van der Waals surface area contributed by atoms with Crippen molar-refractivity contribution >= 4 is 0 Å². The Morgan fingerprint density at radius 3 is 2.68 bits per heavy atom. The van der Waals surface area contributed by atoms with Gasteiger partial charge in [0.1, 0.15) is 5.82 Å². The van der Waals surface area contributed by atoms with Crippen LogP contribution in [0.1, 0.15) is 6.92 Å². The minimum Gasteiger partial charge on any atom is -0.298 e. The highest BCUT2D eigenvalue weighted by Gasteiger charge is 2.06. The Labute approximate surface area is 108 Å². The molecule has 0 atom stereocenters. The molecule has 2 aromatic rings. The van der Waals surface area contributed by atoms with Crippen molar-refractivity contribution in [2.24, 2.45) is 0 Å². The average Bonchev–Trinajstić information content (AvgIpc) is 2.40. The molecule has 0 aliphatic carbocycles. The minimum absolute atomic E-state index is 0.161. The van der Waals surface area contributed by atoms with Crippen molar-refractivity contribution in [3.63, 3.8) is 0 Å². The van der Waals surface area contributed by atoms with Crippen LogP contribution in [-0.4, -0.2) is 9.13 Å². The third-order valence-corrected chi connectivity index (χ3v) is 2.57. The maximum atomic E-state index is 13.1. The zero-order chi connectivity index (χ0) is 13.8. The highest BCUT2D eigenvalue weighted by atomic mass is 19.1. The number of nitrogens with zero attached hydrogens (tertiary/aromatic N) is 2. The second kappa shape index (κ2) is 5.36. The van der Waals surface area contributed by atoms with Crippen LogP contribution in [0.3, 0.4) is 0 Å². The van der Waals surface area contributed by atoms with E-state index in [0.29, 0.717) is 5.69 Å². The average molecular weight is 258 g/mol. The summed E-state index contributed by atoms with van der Waals surface area (Å²) >= 11 is 0. The molecule has 2 rings (SSSR count). The van der Waals surface area contributed by atoms with Crippen LogP contribution in [-0.2, 0) is 6.54 Å². The Balaban J connectivity index is 2.55. The summed E-state index contributed by atoms with van der Waals surface area (Å²) in [5.41, 5.74) is -1.10. The lowest BCUT2D eigenvalue weighted by atomic mass is 10.3. The smallest absolute Gasteiger partial charge is 0.298 e. The van der Waals surface area contributed by atoms with Gasteiger partial charge in [0.2, 0.25) is 0 Å². The maximum Gasteiger partial charge on any atom is 0.321 e. The summed E-state index contributed by atoms with van der Waals surface area (Å²) in [6.45, 7) is 1.81. The van der Waals surface area contributed by atoms with Gasteiger partial charge in [0.25, 0.3) is 0 Å². The molecule has 1 heterocycles. The quantitative estimate of drug-likeness (QED) is 0.599. The van der Waals surface area contributed by atoms with E-state index in [1.54, 1.807) is 13.0 Å². The molecule has 96 valence electrons. The second-order valence-corrected chi connectivity index (χ2v) is 3.81. The summed E-state index contributed by atoms with van der Waals surface area (Å²) in [7, 11) is 0. The number of benzene rings is 1. The molecule has 0 amide bonds. The molecule has 0 N–H and O–H groups in total. The molecule has 0 unspecified atom stereocenters. The van der Waals surface area contributed by atoms with Gasteiger partial charge in [-0.3, -0.25) is 18.7 Å². The Bertz CT molecular complexity index is 778. The van der Waals surface area contributed by atoms with E-state index in [1.807, 2.05) is 0 Å². The molecule has 0 aliphatic heterocycles. The molecule has 0 radical (unpaired) electrons. The molecule has 0 saturated carbocycles. The number of hydrogen-bond acceptors (Lipinski definition) is 2. The van der Waals surface area contributed by atoms with Gasteiger partial charge in [-0.2, -0.15) is 0 Å². The summed E-state index contributed by atoms with van der Waals surface area (Å²) in [5, 5.41) is 0. The van der Waals surface area contributed by atoms with Gasteiger partial charge in [-0.05, 0) is 25.1 Å². The first-order valence-corrected chi connectivity index (χ1v) is 5.61. The molecular formula is C14H11FN2O2. The molecular weight excluding hydrogens is 247 g/mol. The molecule has 1 aromatic carbocycles. The van der Waals surface area contributed by atoms with Gasteiger partial charge < -0.3 is 0 Å². The van der Waals surface area contributed by atoms with Crippen LogP contribution in [0.25, 0.3) is 5.69 Å². The second-order valence-electron chi connectivity index (χ2n) is 3.81. The lowest BCUT2D eigenvalue weighted by Gasteiger charge is -2.07. The molecule has 0 fully saturated rings. The van der Waals surface area contributed by atoms with Crippen LogP contribution < -0.4 is 11.1 Å². The van der Waals surface area contributed by atoms with Crippen LogP contribution in [0.5, 0.6) is 0 Å². The van der Waals surface area contributed by atoms with Crippen LogP contribution in [0, 0.1) is 17.7 Å². The minimum atomic E-state index is -0.731. The van der Waals surface area contributed by atoms with E-state index in [-0.39, 0.29) is 6.54 Å². The topological polar surface area (TPSA) is 44.0 Å². The van der Waals surface area contributed by atoms with Gasteiger partial charge in [0.05, 0.1) is 12.2 Å². The first kappa shape index (κ1) is 12.8. The van der Waals surface area contributed by atoms with Crippen molar-refractivity contribution in [1.29, 1.82) is 0 Å². The number of halogens is 1. The van der Waals surface area contributed by atoms with Gasteiger partial charge >= 0.3 is 11.1 Å². The molecule has 0 bridgehead atoms. The van der Waals surface area contributed by atoms with Gasteiger partial charge in [0, 0.05) is 12.4 Å². The van der Waals surface area contributed by atoms with Gasteiger partial charge in [-0.25, -0.2) is 4.39 Å². The van der Waals surface area contributed by atoms with Crippen molar-refractivity contribution in [3.8, 4) is 17.5 Å². The van der Waals surface area contributed by atoms with E-state index in [4.69, 9.17) is 0 Å². The first-order valence-electron chi connectivity index (χ1n) is 5.61. The van der Waals surface area contributed by atoms with Gasteiger partial charge in [-0.15, -0.1) is 5.92 Å². The third-order valence-electron chi connectivity index (χ3n) is 2.57. The lowest BCUT2D eigenvalue weighted by Crippen LogP contribution is -2.39. The SMILES string of the molecule is CC#CCn1ccn(-c2cccc(F)c2)c(=O)c1=O. The molecule has 5 heteroatoms. The molecule has 4 nitrogen and oxygen atoms in total. The van der Waals surface area contributed by atoms with Crippen LogP contribution in [0.4, 0.5) is 4.39 Å². The predicted molar refractivity (Wildman–Crippen MR) is 69.7 cm³/mol. The number of rotatable bonds is 2. The van der Waals surface area contributed by atoms with Crippen molar-refractivity contribution in [3.05, 3.63) is 63.2 Å². The van der Waals surface area contributed by atoms with Gasteiger partial charge in [-0.1, -0.05) is 12.0 Å². The fraction of sp³-hybridized carbons (Fsp3) is 0.143. The van der Waals surface area contributed by atoms with Crippen molar-refractivity contribution in [1.82, 2.24) is 9.13 Å². The fourth-order valence-corrected chi connectivity index (χ4v) is 1.63. The normalized spacial score (nSPS) is 9.79. The summed E-state index contributed by atoms with van der Waals surface area (Å²) in [5.74, 6) is 4.89. The lowest BCUT2D eigenvalue weighted by molar-refractivity contribution is 0.625. The summed E-state index contributed by atoms with van der Waals surface area (Å²) < 4.78 is 15.4. The van der Waals surface area contributed by atoms with Crippen LogP contribution in [0.15, 0.2) is 46.2 Å². The predicted octanol–water partition coefficient (Wildman–Crippen LogP) is 1.16. The molecule has 19 heavy (non-hydrogen) atoms.